The molecule has 3 atom stereocenters. The first-order valence-corrected chi connectivity index (χ1v) is 7.64. The predicted octanol–water partition coefficient (Wildman–Crippen LogP) is 0.960. The van der Waals surface area contributed by atoms with Gasteiger partial charge < -0.3 is 11.1 Å². The maximum atomic E-state index is 11.9. The van der Waals surface area contributed by atoms with Gasteiger partial charge in [0.1, 0.15) is 6.04 Å². The Labute approximate surface area is 110 Å². The molecule has 0 saturated heterocycles. The van der Waals surface area contributed by atoms with Crippen molar-refractivity contribution in [2.75, 3.05) is 12.0 Å². The Morgan fingerprint density at radius 1 is 1.39 bits per heavy atom. The minimum Gasteiger partial charge on any atom is -0.352 e. The molecule has 0 heterocycles. The number of nitrogens with two attached hydrogens (primary N) is 1. The summed E-state index contributed by atoms with van der Waals surface area (Å²) in [6.07, 6.45) is 2.35. The number of hydrogen-bond donors (Lipinski definition) is 2. The Balaban J connectivity index is 2.47. The van der Waals surface area contributed by atoms with Crippen LogP contribution in [0, 0.1) is 0 Å². The van der Waals surface area contributed by atoms with E-state index in [-0.39, 0.29) is 11.9 Å². The zero-order valence-electron chi connectivity index (χ0n) is 10.8. The molecule has 18 heavy (non-hydrogen) atoms. The first-order chi connectivity index (χ1) is 8.50. The molecule has 1 aromatic carbocycles. The molecule has 0 aliphatic rings. The van der Waals surface area contributed by atoms with Gasteiger partial charge in [-0.05, 0) is 18.9 Å². The number of amides is 1. The van der Waals surface area contributed by atoms with E-state index < -0.39 is 16.8 Å². The normalized spacial score (nSPS) is 15.7. The summed E-state index contributed by atoms with van der Waals surface area (Å²) in [7, 11) is -0.830. The van der Waals surface area contributed by atoms with Gasteiger partial charge in [0, 0.05) is 28.9 Å². The summed E-state index contributed by atoms with van der Waals surface area (Å²) < 4.78 is 11.0. The molecular weight excluding hydrogens is 248 g/mol. The largest absolute Gasteiger partial charge is 0.352 e. The molecule has 100 valence electrons. The summed E-state index contributed by atoms with van der Waals surface area (Å²) in [4.78, 5) is 11.9. The third-order valence-corrected chi connectivity index (χ3v) is 3.48. The molecule has 0 radical (unpaired) electrons. The van der Waals surface area contributed by atoms with E-state index in [1.807, 2.05) is 37.3 Å². The zero-order chi connectivity index (χ0) is 13.5. The van der Waals surface area contributed by atoms with Crippen molar-refractivity contribution in [2.24, 2.45) is 5.73 Å². The minimum atomic E-state index is -0.830. The molecule has 5 heteroatoms. The number of hydrogen-bond acceptors (Lipinski definition) is 3. The summed E-state index contributed by atoms with van der Waals surface area (Å²) in [5, 5.41) is 2.84. The van der Waals surface area contributed by atoms with Crippen LogP contribution >= 0.6 is 0 Å². The molecule has 0 spiro atoms. The van der Waals surface area contributed by atoms with Gasteiger partial charge in [-0.2, -0.15) is 0 Å². The second-order valence-corrected chi connectivity index (χ2v) is 5.92. The van der Waals surface area contributed by atoms with E-state index in [4.69, 9.17) is 5.73 Å². The van der Waals surface area contributed by atoms with Crippen LogP contribution in [0.25, 0.3) is 0 Å². The van der Waals surface area contributed by atoms with Crippen LogP contribution in [0.2, 0.25) is 0 Å². The molecule has 0 saturated carbocycles. The lowest BCUT2D eigenvalue weighted by molar-refractivity contribution is -0.123. The van der Waals surface area contributed by atoms with Gasteiger partial charge in [0.2, 0.25) is 5.91 Å². The van der Waals surface area contributed by atoms with Gasteiger partial charge in [0.05, 0.1) is 0 Å². The average Bonchev–Trinajstić information content (AvgIpc) is 2.36. The summed E-state index contributed by atoms with van der Waals surface area (Å²) in [5.74, 6) is 0.387. The highest BCUT2D eigenvalue weighted by molar-refractivity contribution is 7.84. The molecule has 0 aliphatic heterocycles. The zero-order valence-corrected chi connectivity index (χ0v) is 11.6. The fourth-order valence-corrected chi connectivity index (χ4v) is 2.24. The minimum absolute atomic E-state index is 0.0174. The van der Waals surface area contributed by atoms with Gasteiger partial charge in [-0.15, -0.1) is 0 Å². The number of benzene rings is 1. The average molecular weight is 268 g/mol. The third-order valence-electron chi connectivity index (χ3n) is 2.67. The highest BCUT2D eigenvalue weighted by atomic mass is 32.2. The third kappa shape index (κ3) is 4.98. The molecule has 0 aliphatic carbocycles. The summed E-state index contributed by atoms with van der Waals surface area (Å²) in [6.45, 7) is 1.89. The fourth-order valence-electron chi connectivity index (χ4n) is 1.56. The number of rotatable bonds is 6. The van der Waals surface area contributed by atoms with Crippen LogP contribution in [0.3, 0.4) is 0 Å². The molecular formula is C13H20N2O2S. The summed E-state index contributed by atoms with van der Waals surface area (Å²) in [6, 6.07) is 8.58. The lowest BCUT2D eigenvalue weighted by Crippen LogP contribution is -2.39. The van der Waals surface area contributed by atoms with Crippen LogP contribution in [-0.4, -0.2) is 28.2 Å². The van der Waals surface area contributed by atoms with Crippen LogP contribution in [0.5, 0.6) is 0 Å². The quantitative estimate of drug-likeness (QED) is 0.807. The van der Waals surface area contributed by atoms with Gasteiger partial charge in [0.25, 0.3) is 0 Å². The Bertz CT molecular complexity index is 409. The van der Waals surface area contributed by atoms with Crippen molar-refractivity contribution >= 4 is 16.7 Å². The van der Waals surface area contributed by atoms with Crippen molar-refractivity contribution in [3.63, 3.8) is 0 Å². The molecule has 1 amide bonds. The number of carbonyl (C=O) groups excluding carboxylic acids is 1. The van der Waals surface area contributed by atoms with Crippen LogP contribution in [0.15, 0.2) is 30.3 Å². The lowest BCUT2D eigenvalue weighted by Gasteiger charge is -2.17. The van der Waals surface area contributed by atoms with Crippen LogP contribution in [-0.2, 0) is 15.6 Å². The Kier molecular flexibility index (Phi) is 6.01. The standard InChI is InChI=1S/C13H20N2O2S/c1-10(8-9-18(2)17)15-13(16)12(14)11-6-4-3-5-7-11/h3-7,10,12H,8-9,14H2,1-2H3,(H,15,16)/t10?,12-,18?/m1/s1. The van der Waals surface area contributed by atoms with Gasteiger partial charge >= 0.3 is 0 Å². The molecule has 1 rings (SSSR count). The van der Waals surface area contributed by atoms with E-state index in [1.54, 1.807) is 6.26 Å². The SMILES string of the molecule is CC(CCS(C)=O)NC(=O)[C@H](N)c1ccccc1. The Morgan fingerprint density at radius 2 is 2.00 bits per heavy atom. The van der Waals surface area contributed by atoms with Crippen molar-refractivity contribution in [3.05, 3.63) is 35.9 Å². The van der Waals surface area contributed by atoms with Crippen molar-refractivity contribution in [3.8, 4) is 0 Å². The summed E-state index contributed by atoms with van der Waals surface area (Å²) >= 11 is 0. The van der Waals surface area contributed by atoms with Crippen molar-refractivity contribution in [2.45, 2.75) is 25.4 Å². The lowest BCUT2D eigenvalue weighted by atomic mass is 10.1. The maximum Gasteiger partial charge on any atom is 0.241 e. The molecule has 0 fully saturated rings. The van der Waals surface area contributed by atoms with E-state index in [9.17, 15) is 9.00 Å². The summed E-state index contributed by atoms with van der Waals surface area (Å²) in [5.41, 5.74) is 6.66. The predicted molar refractivity (Wildman–Crippen MR) is 74.5 cm³/mol. The van der Waals surface area contributed by atoms with Gasteiger partial charge in [-0.3, -0.25) is 9.00 Å². The van der Waals surface area contributed by atoms with Crippen LogP contribution in [0.1, 0.15) is 24.9 Å². The van der Waals surface area contributed by atoms with E-state index in [2.05, 4.69) is 5.32 Å². The van der Waals surface area contributed by atoms with E-state index in [0.29, 0.717) is 12.2 Å². The van der Waals surface area contributed by atoms with Crippen molar-refractivity contribution in [1.29, 1.82) is 0 Å². The molecule has 0 bridgehead atoms. The smallest absolute Gasteiger partial charge is 0.241 e. The van der Waals surface area contributed by atoms with Crippen LogP contribution in [0.4, 0.5) is 0 Å². The van der Waals surface area contributed by atoms with E-state index in [1.165, 1.54) is 0 Å². The topological polar surface area (TPSA) is 72.2 Å². The number of nitrogens with one attached hydrogen (secondary N) is 1. The second kappa shape index (κ2) is 7.28. The highest BCUT2D eigenvalue weighted by Crippen LogP contribution is 2.09. The van der Waals surface area contributed by atoms with Crippen molar-refractivity contribution < 1.29 is 9.00 Å². The molecule has 4 nitrogen and oxygen atoms in total. The monoisotopic (exact) mass is 268 g/mol. The number of carbonyl (C=O) groups is 1. The molecule has 3 N–H and O–H groups in total. The first kappa shape index (κ1) is 14.9. The highest BCUT2D eigenvalue weighted by Gasteiger charge is 2.17. The second-order valence-electron chi connectivity index (χ2n) is 4.36. The van der Waals surface area contributed by atoms with E-state index in [0.717, 1.165) is 5.56 Å². The molecule has 0 aromatic heterocycles. The van der Waals surface area contributed by atoms with Crippen molar-refractivity contribution in [1.82, 2.24) is 5.32 Å². The van der Waals surface area contributed by atoms with Gasteiger partial charge in [0.15, 0.2) is 0 Å². The Morgan fingerprint density at radius 3 is 2.56 bits per heavy atom. The molecule has 2 unspecified atom stereocenters. The fraction of sp³-hybridized carbons (Fsp3) is 0.462. The van der Waals surface area contributed by atoms with E-state index >= 15 is 0 Å². The molecule has 1 aromatic rings. The van der Waals surface area contributed by atoms with Gasteiger partial charge in [-0.1, -0.05) is 30.3 Å². The van der Waals surface area contributed by atoms with Crippen LogP contribution < -0.4 is 11.1 Å². The van der Waals surface area contributed by atoms with Gasteiger partial charge in [-0.25, -0.2) is 0 Å². The maximum absolute atomic E-state index is 11.9. The Hall–Kier alpha value is -1.20. The first-order valence-electron chi connectivity index (χ1n) is 5.91.